The van der Waals surface area contributed by atoms with Gasteiger partial charge in [0.2, 0.25) is 0 Å². The average Bonchev–Trinajstić information content (AvgIpc) is 3.24. The maximum Gasteiger partial charge on any atom is 0.335 e. The van der Waals surface area contributed by atoms with Crippen LogP contribution in [0.4, 0.5) is 0 Å². The Bertz CT molecular complexity index is 1310. The predicted molar refractivity (Wildman–Crippen MR) is 109 cm³/mol. The summed E-state index contributed by atoms with van der Waals surface area (Å²) < 4.78 is 27.4. The molecule has 0 spiro atoms. The molecule has 0 radical (unpaired) electrons. The molecule has 142 valence electrons. The Hall–Kier alpha value is -2.39. The number of carboxylic acids is 1. The fraction of sp³-hybridized carbons (Fsp3) is 0. The Labute approximate surface area is 173 Å². The van der Waals surface area contributed by atoms with E-state index in [9.17, 15) is 13.2 Å². The summed E-state index contributed by atoms with van der Waals surface area (Å²) in [4.78, 5) is 11.2. The van der Waals surface area contributed by atoms with Crippen molar-refractivity contribution in [3.63, 3.8) is 0 Å². The first-order chi connectivity index (χ1) is 13.3. The molecule has 0 aliphatic heterocycles. The molecule has 0 fully saturated rings. The zero-order valence-electron chi connectivity index (χ0n) is 13.8. The van der Waals surface area contributed by atoms with Crippen molar-refractivity contribution in [1.82, 2.24) is 9.19 Å². The van der Waals surface area contributed by atoms with E-state index in [1.807, 2.05) is 0 Å². The number of thiophene rings is 1. The largest absolute Gasteiger partial charge is 0.478 e. The normalized spacial score (nSPS) is 11.8. The summed E-state index contributed by atoms with van der Waals surface area (Å²) in [6.45, 7) is 0. The third kappa shape index (κ3) is 2.98. The molecule has 4 rings (SSSR count). The molecule has 1 N–H and O–H groups in total. The van der Waals surface area contributed by atoms with Crippen LogP contribution in [0.15, 0.2) is 58.8 Å². The number of rotatable bonds is 4. The Morgan fingerprint density at radius 1 is 1.04 bits per heavy atom. The van der Waals surface area contributed by atoms with Crippen LogP contribution in [0.3, 0.4) is 0 Å². The standard InChI is InChI=1S/C18H10Cl2N2O4S2/c19-13-2-1-3-14(20)16(13)28(25,26)22-17-12(8-9-27-17)15(21-22)10-4-6-11(7-5-10)18(23)24/h1-9H,(H,23,24). The summed E-state index contributed by atoms with van der Waals surface area (Å²) in [7, 11) is -4.15. The number of fused-ring (bicyclic) bond motifs is 1. The van der Waals surface area contributed by atoms with Gasteiger partial charge in [-0.2, -0.15) is 13.5 Å². The summed E-state index contributed by atoms with van der Waals surface area (Å²) in [6, 6.07) is 12.3. The molecule has 28 heavy (non-hydrogen) atoms. The fourth-order valence-corrected chi connectivity index (χ4v) is 6.25. The van der Waals surface area contributed by atoms with Crippen molar-refractivity contribution in [2.75, 3.05) is 0 Å². The van der Waals surface area contributed by atoms with Crippen LogP contribution < -0.4 is 0 Å². The van der Waals surface area contributed by atoms with E-state index in [1.165, 1.54) is 35.6 Å². The Morgan fingerprint density at radius 3 is 2.29 bits per heavy atom. The molecule has 4 aromatic rings. The maximum atomic E-state index is 13.2. The molecule has 2 aromatic carbocycles. The van der Waals surface area contributed by atoms with Gasteiger partial charge in [0.1, 0.15) is 15.4 Å². The van der Waals surface area contributed by atoms with E-state index in [0.717, 1.165) is 4.09 Å². The minimum Gasteiger partial charge on any atom is -0.478 e. The van der Waals surface area contributed by atoms with Crippen molar-refractivity contribution in [1.29, 1.82) is 0 Å². The predicted octanol–water partition coefficient (Wildman–Crippen LogP) is 5.01. The van der Waals surface area contributed by atoms with Crippen LogP contribution >= 0.6 is 34.5 Å². The van der Waals surface area contributed by atoms with E-state index in [0.29, 0.717) is 21.5 Å². The van der Waals surface area contributed by atoms with E-state index < -0.39 is 16.0 Å². The van der Waals surface area contributed by atoms with Gasteiger partial charge in [0.25, 0.3) is 10.0 Å². The Kier molecular flexibility index (Phi) is 4.67. The zero-order chi connectivity index (χ0) is 20.1. The van der Waals surface area contributed by atoms with Crippen LogP contribution in [0.1, 0.15) is 10.4 Å². The van der Waals surface area contributed by atoms with Gasteiger partial charge >= 0.3 is 5.97 Å². The number of halogens is 2. The highest BCUT2D eigenvalue weighted by molar-refractivity contribution is 7.90. The van der Waals surface area contributed by atoms with E-state index in [2.05, 4.69) is 5.10 Å². The van der Waals surface area contributed by atoms with Crippen molar-refractivity contribution < 1.29 is 18.3 Å². The third-order valence-corrected chi connectivity index (χ3v) is 7.61. The molecule has 0 aliphatic carbocycles. The van der Waals surface area contributed by atoms with Crippen LogP contribution in [0.25, 0.3) is 21.5 Å². The lowest BCUT2D eigenvalue weighted by atomic mass is 10.1. The van der Waals surface area contributed by atoms with E-state index >= 15 is 0 Å². The highest BCUT2D eigenvalue weighted by Gasteiger charge is 2.28. The molecule has 0 amide bonds. The maximum absolute atomic E-state index is 13.2. The SMILES string of the molecule is O=C(O)c1ccc(-c2nn(S(=O)(=O)c3c(Cl)cccc3Cl)c3sccc23)cc1. The smallest absolute Gasteiger partial charge is 0.335 e. The second-order valence-corrected chi connectivity index (χ2v) is 9.18. The molecule has 0 atom stereocenters. The number of aromatic nitrogens is 2. The molecule has 0 aliphatic rings. The first-order valence-corrected chi connectivity index (χ1v) is 10.9. The van der Waals surface area contributed by atoms with Gasteiger partial charge in [0.15, 0.2) is 0 Å². The average molecular weight is 453 g/mol. The summed E-state index contributed by atoms with van der Waals surface area (Å²) in [6.07, 6.45) is 0. The first-order valence-electron chi connectivity index (χ1n) is 7.80. The second kappa shape index (κ2) is 6.89. The van der Waals surface area contributed by atoms with Gasteiger partial charge in [-0.25, -0.2) is 4.79 Å². The van der Waals surface area contributed by atoms with Gasteiger partial charge in [0, 0.05) is 10.9 Å². The second-order valence-electron chi connectivity index (χ2n) is 5.77. The van der Waals surface area contributed by atoms with Crippen LogP contribution in [0.2, 0.25) is 10.0 Å². The lowest BCUT2D eigenvalue weighted by Crippen LogP contribution is -2.15. The van der Waals surface area contributed by atoms with Crippen molar-refractivity contribution in [3.8, 4) is 11.3 Å². The number of nitrogens with zero attached hydrogens (tertiary/aromatic N) is 2. The van der Waals surface area contributed by atoms with Crippen LogP contribution in [-0.4, -0.2) is 28.7 Å². The van der Waals surface area contributed by atoms with Crippen molar-refractivity contribution >= 4 is 60.7 Å². The van der Waals surface area contributed by atoms with Crippen LogP contribution in [-0.2, 0) is 10.0 Å². The Morgan fingerprint density at radius 2 is 1.68 bits per heavy atom. The molecule has 0 saturated carbocycles. The van der Waals surface area contributed by atoms with Crippen molar-refractivity contribution in [3.05, 3.63) is 69.5 Å². The molecule has 0 bridgehead atoms. The number of aromatic carboxylic acids is 1. The summed E-state index contributed by atoms with van der Waals surface area (Å²) >= 11 is 13.4. The number of hydrogen-bond acceptors (Lipinski definition) is 5. The minimum absolute atomic E-state index is 0.0000623. The lowest BCUT2D eigenvalue weighted by Gasteiger charge is -2.08. The number of carbonyl (C=O) groups is 1. The molecular formula is C18H10Cl2N2O4S2. The molecule has 2 heterocycles. The molecule has 0 saturated heterocycles. The minimum atomic E-state index is -4.15. The van der Waals surface area contributed by atoms with Gasteiger partial charge in [0.05, 0.1) is 15.6 Å². The summed E-state index contributed by atoms with van der Waals surface area (Å²) in [5.74, 6) is -1.05. The number of hydrogen-bond donors (Lipinski definition) is 1. The monoisotopic (exact) mass is 452 g/mol. The number of benzene rings is 2. The highest BCUT2D eigenvalue weighted by atomic mass is 35.5. The van der Waals surface area contributed by atoms with Crippen molar-refractivity contribution in [2.24, 2.45) is 0 Å². The van der Waals surface area contributed by atoms with Gasteiger partial charge in [-0.3, -0.25) is 0 Å². The molecule has 6 nitrogen and oxygen atoms in total. The zero-order valence-corrected chi connectivity index (χ0v) is 17.0. The quantitative estimate of drug-likeness (QED) is 0.470. The number of carboxylic acid groups (broad SMARTS) is 1. The van der Waals surface area contributed by atoms with Gasteiger partial charge in [-0.05, 0) is 35.7 Å². The van der Waals surface area contributed by atoms with E-state index in [4.69, 9.17) is 28.3 Å². The third-order valence-electron chi connectivity index (χ3n) is 4.07. The van der Waals surface area contributed by atoms with Gasteiger partial charge < -0.3 is 5.11 Å². The van der Waals surface area contributed by atoms with Gasteiger partial charge in [-0.15, -0.1) is 15.4 Å². The van der Waals surface area contributed by atoms with Crippen LogP contribution in [0, 0.1) is 0 Å². The lowest BCUT2D eigenvalue weighted by molar-refractivity contribution is 0.0697. The van der Waals surface area contributed by atoms with E-state index in [1.54, 1.807) is 29.6 Å². The fourth-order valence-electron chi connectivity index (χ4n) is 2.78. The summed E-state index contributed by atoms with van der Waals surface area (Å²) in [5, 5.41) is 15.7. The molecule has 10 heteroatoms. The first kappa shape index (κ1) is 18.9. The topological polar surface area (TPSA) is 89.3 Å². The van der Waals surface area contributed by atoms with Gasteiger partial charge in [-0.1, -0.05) is 41.4 Å². The van der Waals surface area contributed by atoms with Crippen LogP contribution in [0.5, 0.6) is 0 Å². The highest BCUT2D eigenvalue weighted by Crippen LogP contribution is 2.36. The van der Waals surface area contributed by atoms with Crippen molar-refractivity contribution in [2.45, 2.75) is 4.90 Å². The molecule has 0 unspecified atom stereocenters. The Balaban J connectivity index is 1.93. The summed E-state index contributed by atoms with van der Waals surface area (Å²) in [5.41, 5.74) is 1.13. The van der Waals surface area contributed by atoms with E-state index in [-0.39, 0.29) is 20.5 Å². The molecular weight excluding hydrogens is 443 g/mol. The molecule has 2 aromatic heterocycles.